The first kappa shape index (κ1) is 17.7. The lowest BCUT2D eigenvalue weighted by atomic mass is 10.1. The van der Waals surface area contributed by atoms with Gasteiger partial charge in [0, 0.05) is 29.1 Å². The quantitative estimate of drug-likeness (QED) is 0.604. The molecule has 0 aliphatic rings. The summed E-state index contributed by atoms with van der Waals surface area (Å²) in [5.74, 6) is -2.01. The van der Waals surface area contributed by atoms with E-state index in [1.807, 2.05) is 0 Å². The molecule has 0 radical (unpaired) electrons. The number of hydrogen-bond acceptors (Lipinski definition) is 3. The number of halogens is 5. The van der Waals surface area contributed by atoms with E-state index >= 15 is 0 Å². The summed E-state index contributed by atoms with van der Waals surface area (Å²) in [6, 6.07) is 12.1. The highest BCUT2D eigenvalue weighted by Crippen LogP contribution is 2.28. The predicted molar refractivity (Wildman–Crippen MR) is 86.0 cm³/mol. The number of benzene rings is 2. The zero-order valence-corrected chi connectivity index (χ0v) is 13.0. The maximum Gasteiger partial charge on any atom is 0.573 e. The van der Waals surface area contributed by atoms with Gasteiger partial charge in [-0.05, 0) is 30.3 Å². The Morgan fingerprint density at radius 1 is 0.923 bits per heavy atom. The molecule has 3 aromatic rings. The maximum atomic E-state index is 13.8. The molecular weight excluding hydrogens is 355 g/mol. The summed E-state index contributed by atoms with van der Waals surface area (Å²) in [6.07, 6.45) is -3.45. The molecule has 1 aromatic heterocycles. The summed E-state index contributed by atoms with van der Waals surface area (Å²) < 4.78 is 67.7. The van der Waals surface area contributed by atoms with E-state index in [0.29, 0.717) is 17.1 Å². The molecule has 134 valence electrons. The SMILES string of the molecule is Fc1cccc(-c2ccc(Nc3cccc(OC(F)(F)F)c3)nc2)c1F. The molecule has 0 spiro atoms. The van der Waals surface area contributed by atoms with E-state index in [9.17, 15) is 22.0 Å². The zero-order valence-electron chi connectivity index (χ0n) is 13.0. The second-order valence-electron chi connectivity index (χ2n) is 5.23. The monoisotopic (exact) mass is 366 g/mol. The average molecular weight is 366 g/mol. The van der Waals surface area contributed by atoms with Crippen molar-refractivity contribution in [2.45, 2.75) is 6.36 Å². The molecule has 0 aliphatic heterocycles. The molecule has 8 heteroatoms. The Bertz CT molecular complexity index is 910. The standard InChI is InChI=1S/C18H11F5N2O/c19-15-6-2-5-14(17(15)20)11-7-8-16(24-10-11)25-12-3-1-4-13(9-12)26-18(21,22)23/h1-10H,(H,24,25). The Kier molecular flexibility index (Phi) is 4.75. The number of nitrogens with one attached hydrogen (secondary N) is 1. The first-order valence-corrected chi connectivity index (χ1v) is 7.35. The van der Waals surface area contributed by atoms with E-state index in [0.717, 1.165) is 12.1 Å². The Morgan fingerprint density at radius 2 is 1.69 bits per heavy atom. The van der Waals surface area contributed by atoms with Crippen LogP contribution in [0.25, 0.3) is 11.1 Å². The third kappa shape index (κ3) is 4.27. The van der Waals surface area contributed by atoms with Crippen LogP contribution in [0.2, 0.25) is 0 Å². The van der Waals surface area contributed by atoms with Crippen LogP contribution >= 0.6 is 0 Å². The van der Waals surface area contributed by atoms with Crippen molar-refractivity contribution in [3.63, 3.8) is 0 Å². The van der Waals surface area contributed by atoms with Crippen LogP contribution < -0.4 is 10.1 Å². The number of anilines is 2. The second-order valence-corrected chi connectivity index (χ2v) is 5.23. The van der Waals surface area contributed by atoms with Crippen molar-refractivity contribution in [2.75, 3.05) is 5.32 Å². The van der Waals surface area contributed by atoms with Gasteiger partial charge in [0.05, 0.1) is 0 Å². The lowest BCUT2D eigenvalue weighted by Gasteiger charge is -2.11. The van der Waals surface area contributed by atoms with E-state index in [1.54, 1.807) is 0 Å². The summed E-state index contributed by atoms with van der Waals surface area (Å²) in [4.78, 5) is 4.06. The van der Waals surface area contributed by atoms with Gasteiger partial charge in [0.15, 0.2) is 11.6 Å². The second kappa shape index (κ2) is 6.99. The summed E-state index contributed by atoms with van der Waals surface area (Å²) in [5.41, 5.74) is 0.746. The van der Waals surface area contributed by atoms with Crippen molar-refractivity contribution in [3.05, 3.63) is 72.4 Å². The Hall–Kier alpha value is -3.16. The van der Waals surface area contributed by atoms with E-state index < -0.39 is 18.0 Å². The van der Waals surface area contributed by atoms with Gasteiger partial charge >= 0.3 is 6.36 Å². The first-order chi connectivity index (χ1) is 12.3. The van der Waals surface area contributed by atoms with Gasteiger partial charge in [0.25, 0.3) is 0 Å². The van der Waals surface area contributed by atoms with Crippen LogP contribution in [-0.4, -0.2) is 11.3 Å². The highest BCUT2D eigenvalue weighted by Gasteiger charge is 2.31. The fourth-order valence-electron chi connectivity index (χ4n) is 2.27. The summed E-state index contributed by atoms with van der Waals surface area (Å²) in [7, 11) is 0. The minimum absolute atomic E-state index is 0.0598. The van der Waals surface area contributed by atoms with Crippen LogP contribution in [0.15, 0.2) is 60.8 Å². The molecule has 0 atom stereocenters. The van der Waals surface area contributed by atoms with Crippen molar-refractivity contribution >= 4 is 11.5 Å². The average Bonchev–Trinajstić information content (AvgIpc) is 2.57. The summed E-state index contributed by atoms with van der Waals surface area (Å²) >= 11 is 0. The molecule has 0 bridgehead atoms. The molecule has 0 fully saturated rings. The Morgan fingerprint density at radius 3 is 2.38 bits per heavy atom. The molecule has 1 heterocycles. The normalized spacial score (nSPS) is 11.3. The molecule has 0 saturated heterocycles. The van der Waals surface area contributed by atoms with Gasteiger partial charge < -0.3 is 10.1 Å². The molecular formula is C18H11F5N2O. The first-order valence-electron chi connectivity index (χ1n) is 7.35. The molecule has 2 aromatic carbocycles. The highest BCUT2D eigenvalue weighted by atomic mass is 19.4. The zero-order chi connectivity index (χ0) is 18.7. The van der Waals surface area contributed by atoms with Crippen LogP contribution in [0.5, 0.6) is 5.75 Å². The number of nitrogens with zero attached hydrogens (tertiary/aromatic N) is 1. The van der Waals surface area contributed by atoms with Gasteiger partial charge in [0.1, 0.15) is 11.6 Å². The minimum Gasteiger partial charge on any atom is -0.406 e. The van der Waals surface area contributed by atoms with Crippen molar-refractivity contribution in [2.24, 2.45) is 0 Å². The smallest absolute Gasteiger partial charge is 0.406 e. The van der Waals surface area contributed by atoms with Gasteiger partial charge in [0.2, 0.25) is 0 Å². The number of alkyl halides is 3. The van der Waals surface area contributed by atoms with E-state index in [4.69, 9.17) is 0 Å². The third-order valence-electron chi connectivity index (χ3n) is 3.37. The van der Waals surface area contributed by atoms with Gasteiger partial charge in [-0.15, -0.1) is 13.2 Å². The van der Waals surface area contributed by atoms with Crippen LogP contribution in [0, 0.1) is 11.6 Å². The number of rotatable bonds is 4. The van der Waals surface area contributed by atoms with Crippen molar-refractivity contribution < 1.29 is 26.7 Å². The molecule has 0 saturated carbocycles. The topological polar surface area (TPSA) is 34.1 Å². The number of hydrogen-bond donors (Lipinski definition) is 1. The molecule has 1 N–H and O–H groups in total. The van der Waals surface area contributed by atoms with Crippen LogP contribution in [0.3, 0.4) is 0 Å². The number of ether oxygens (including phenoxy) is 1. The van der Waals surface area contributed by atoms with E-state index in [1.165, 1.54) is 48.7 Å². The molecule has 3 nitrogen and oxygen atoms in total. The molecule has 26 heavy (non-hydrogen) atoms. The summed E-state index contributed by atoms with van der Waals surface area (Å²) in [5, 5.41) is 2.81. The number of aromatic nitrogens is 1. The predicted octanol–water partition coefficient (Wildman–Crippen LogP) is 5.67. The third-order valence-corrected chi connectivity index (χ3v) is 3.37. The maximum absolute atomic E-state index is 13.8. The minimum atomic E-state index is -4.78. The lowest BCUT2D eigenvalue weighted by molar-refractivity contribution is -0.274. The molecule has 0 aliphatic carbocycles. The van der Waals surface area contributed by atoms with Crippen LogP contribution in [0.1, 0.15) is 0 Å². The highest BCUT2D eigenvalue weighted by molar-refractivity contribution is 5.66. The number of pyridine rings is 1. The fraction of sp³-hybridized carbons (Fsp3) is 0.0556. The van der Waals surface area contributed by atoms with Crippen molar-refractivity contribution in [3.8, 4) is 16.9 Å². The molecule has 3 rings (SSSR count). The Balaban J connectivity index is 1.78. The molecule has 0 unspecified atom stereocenters. The van der Waals surface area contributed by atoms with Gasteiger partial charge in [-0.3, -0.25) is 0 Å². The van der Waals surface area contributed by atoms with Gasteiger partial charge in [-0.2, -0.15) is 0 Å². The Labute approximate surface area is 145 Å². The van der Waals surface area contributed by atoms with E-state index in [-0.39, 0.29) is 11.3 Å². The largest absolute Gasteiger partial charge is 0.573 e. The van der Waals surface area contributed by atoms with Crippen molar-refractivity contribution in [1.82, 2.24) is 4.98 Å². The van der Waals surface area contributed by atoms with E-state index in [2.05, 4.69) is 15.0 Å². The van der Waals surface area contributed by atoms with Crippen molar-refractivity contribution in [1.29, 1.82) is 0 Å². The van der Waals surface area contributed by atoms with Gasteiger partial charge in [-0.1, -0.05) is 18.2 Å². The van der Waals surface area contributed by atoms with Crippen LogP contribution in [-0.2, 0) is 0 Å². The van der Waals surface area contributed by atoms with Gasteiger partial charge in [-0.25, -0.2) is 13.8 Å². The fourth-order valence-corrected chi connectivity index (χ4v) is 2.27. The van der Waals surface area contributed by atoms with Crippen LogP contribution in [0.4, 0.5) is 33.5 Å². The lowest BCUT2D eigenvalue weighted by Crippen LogP contribution is -2.17. The molecule has 0 amide bonds. The summed E-state index contributed by atoms with van der Waals surface area (Å²) in [6.45, 7) is 0.